The standard InChI is InChI=1S/C40H40Cl2N4O2/c41-39-33(25-9-7-23-17-31(19-27(23)15-25)43-21-29-11-13-37(47)45-29)3-1-5-35(39)36-6-2-4-34(40(36)42)26-10-8-24-18-32(20-28(24)16-26)44-22-30-12-14-38(48)46-30/h1-10,15-16,29-32,43-44H,11-14,17-22H2,(H,45,47)(H,46,48). The molecule has 0 aromatic heterocycles. The summed E-state index contributed by atoms with van der Waals surface area (Å²) in [6.45, 7) is 1.63. The number of carbonyl (C=O) groups is 2. The molecule has 6 nitrogen and oxygen atoms in total. The fourth-order valence-electron chi connectivity index (χ4n) is 8.06. The Labute approximate surface area is 292 Å². The van der Waals surface area contributed by atoms with Gasteiger partial charge in [-0.15, -0.1) is 0 Å². The maximum absolute atomic E-state index is 11.6. The number of hydrogen-bond donors (Lipinski definition) is 4. The lowest BCUT2D eigenvalue weighted by Gasteiger charge is -2.16. The largest absolute Gasteiger partial charge is 0.352 e. The Morgan fingerprint density at radius 2 is 0.979 bits per heavy atom. The molecule has 4 aromatic rings. The van der Waals surface area contributed by atoms with E-state index in [0.29, 0.717) is 35.0 Å². The summed E-state index contributed by atoms with van der Waals surface area (Å²) >= 11 is 14.4. The summed E-state index contributed by atoms with van der Waals surface area (Å²) in [5.41, 5.74) is 11.5. The van der Waals surface area contributed by atoms with Crippen LogP contribution in [0.2, 0.25) is 10.0 Å². The highest BCUT2D eigenvalue weighted by atomic mass is 35.5. The minimum atomic E-state index is 0.159. The van der Waals surface area contributed by atoms with Crippen LogP contribution in [0.1, 0.15) is 47.9 Å². The fourth-order valence-corrected chi connectivity index (χ4v) is 8.74. The molecule has 4 atom stereocenters. The zero-order valence-corrected chi connectivity index (χ0v) is 28.4. The van der Waals surface area contributed by atoms with Crippen molar-refractivity contribution in [3.05, 3.63) is 105 Å². The number of halogens is 2. The van der Waals surface area contributed by atoms with E-state index in [0.717, 1.165) is 85.0 Å². The van der Waals surface area contributed by atoms with Gasteiger partial charge < -0.3 is 21.3 Å². The lowest BCUT2D eigenvalue weighted by Crippen LogP contribution is -2.40. The highest BCUT2D eigenvalue weighted by Crippen LogP contribution is 2.43. The van der Waals surface area contributed by atoms with E-state index < -0.39 is 0 Å². The number of carbonyl (C=O) groups excluding carboxylic acids is 2. The van der Waals surface area contributed by atoms with Crippen LogP contribution < -0.4 is 21.3 Å². The van der Waals surface area contributed by atoms with E-state index in [2.05, 4.69) is 94.1 Å². The summed E-state index contributed by atoms with van der Waals surface area (Å²) in [6, 6.07) is 27.0. The zero-order chi connectivity index (χ0) is 32.8. The quantitative estimate of drug-likeness (QED) is 0.160. The van der Waals surface area contributed by atoms with Gasteiger partial charge in [-0.1, -0.05) is 96.0 Å². The van der Waals surface area contributed by atoms with Crippen molar-refractivity contribution in [3.63, 3.8) is 0 Å². The first-order chi connectivity index (χ1) is 23.4. The second-order valence-electron chi connectivity index (χ2n) is 13.9. The van der Waals surface area contributed by atoms with Crippen LogP contribution >= 0.6 is 23.2 Å². The highest BCUT2D eigenvalue weighted by Gasteiger charge is 2.27. The Morgan fingerprint density at radius 1 is 0.562 bits per heavy atom. The van der Waals surface area contributed by atoms with E-state index in [1.165, 1.54) is 22.3 Å². The smallest absolute Gasteiger partial charge is 0.220 e. The molecule has 0 spiro atoms. The molecule has 2 aliphatic heterocycles. The number of fused-ring (bicyclic) bond motifs is 2. The fraction of sp³-hybridized carbons (Fsp3) is 0.350. The molecule has 246 valence electrons. The Balaban J connectivity index is 0.985. The molecular weight excluding hydrogens is 639 g/mol. The molecule has 8 heteroatoms. The van der Waals surface area contributed by atoms with Gasteiger partial charge in [-0.05, 0) is 71.9 Å². The van der Waals surface area contributed by atoms with Crippen molar-refractivity contribution in [2.24, 2.45) is 0 Å². The van der Waals surface area contributed by atoms with Crippen molar-refractivity contribution in [3.8, 4) is 33.4 Å². The van der Waals surface area contributed by atoms with Gasteiger partial charge in [0.25, 0.3) is 0 Å². The SMILES string of the molecule is O=C1CCC(CNC2Cc3ccc(-c4cccc(-c5cccc(-c6ccc7c(c6)CC(NCC6CCC(=O)N6)C7)c5Cl)c4Cl)cc3C2)N1. The summed E-state index contributed by atoms with van der Waals surface area (Å²) in [4.78, 5) is 23.2. The monoisotopic (exact) mass is 678 g/mol. The minimum absolute atomic E-state index is 0.159. The van der Waals surface area contributed by atoms with Crippen molar-refractivity contribution < 1.29 is 9.59 Å². The third kappa shape index (κ3) is 6.39. The molecule has 4 N–H and O–H groups in total. The van der Waals surface area contributed by atoms with E-state index >= 15 is 0 Å². The van der Waals surface area contributed by atoms with Gasteiger partial charge in [0, 0.05) is 72.4 Å². The normalized spacial score (nSPS) is 22.9. The molecule has 2 aliphatic carbocycles. The van der Waals surface area contributed by atoms with E-state index in [1.54, 1.807) is 0 Å². The van der Waals surface area contributed by atoms with Crippen LogP contribution in [-0.2, 0) is 35.3 Å². The maximum atomic E-state index is 11.6. The summed E-state index contributed by atoms with van der Waals surface area (Å²) in [7, 11) is 0. The summed E-state index contributed by atoms with van der Waals surface area (Å²) < 4.78 is 0. The van der Waals surface area contributed by atoms with Gasteiger partial charge in [-0.25, -0.2) is 0 Å². The Kier molecular flexibility index (Phi) is 8.76. The lowest BCUT2D eigenvalue weighted by molar-refractivity contribution is -0.120. The third-order valence-electron chi connectivity index (χ3n) is 10.7. The number of nitrogens with one attached hydrogen (secondary N) is 4. The molecule has 2 heterocycles. The van der Waals surface area contributed by atoms with Gasteiger partial charge in [-0.3, -0.25) is 9.59 Å². The molecule has 2 fully saturated rings. The number of benzene rings is 4. The van der Waals surface area contributed by atoms with Crippen molar-refractivity contribution in [2.75, 3.05) is 13.1 Å². The van der Waals surface area contributed by atoms with E-state index in [-0.39, 0.29) is 23.9 Å². The van der Waals surface area contributed by atoms with Gasteiger partial charge in [0.15, 0.2) is 0 Å². The molecular formula is C40H40Cl2N4O2. The minimum Gasteiger partial charge on any atom is -0.352 e. The zero-order valence-electron chi connectivity index (χ0n) is 26.9. The van der Waals surface area contributed by atoms with Crippen molar-refractivity contribution in [1.82, 2.24) is 21.3 Å². The number of hydrogen-bond acceptors (Lipinski definition) is 4. The van der Waals surface area contributed by atoms with Crippen LogP contribution in [0.15, 0.2) is 72.8 Å². The summed E-state index contributed by atoms with van der Waals surface area (Å²) in [5, 5.41) is 14.9. The van der Waals surface area contributed by atoms with E-state index in [1.807, 2.05) is 0 Å². The number of amides is 2. The van der Waals surface area contributed by atoms with Crippen LogP contribution in [0.3, 0.4) is 0 Å². The van der Waals surface area contributed by atoms with Crippen LogP contribution in [0, 0.1) is 0 Å². The molecule has 8 rings (SSSR count). The molecule has 4 aliphatic rings. The summed E-state index contributed by atoms with van der Waals surface area (Å²) in [6.07, 6.45) is 7.00. The van der Waals surface area contributed by atoms with Gasteiger partial charge >= 0.3 is 0 Å². The third-order valence-corrected chi connectivity index (χ3v) is 11.5. The lowest BCUT2D eigenvalue weighted by atomic mass is 9.94. The van der Waals surface area contributed by atoms with Crippen molar-refractivity contribution in [2.45, 2.75) is 75.5 Å². The predicted molar refractivity (Wildman–Crippen MR) is 193 cm³/mol. The first-order valence-electron chi connectivity index (χ1n) is 17.2. The van der Waals surface area contributed by atoms with Gasteiger partial charge in [-0.2, -0.15) is 0 Å². The van der Waals surface area contributed by atoms with Crippen LogP contribution in [-0.4, -0.2) is 49.1 Å². The molecule has 0 bridgehead atoms. The summed E-state index contributed by atoms with van der Waals surface area (Å²) in [5.74, 6) is 0.319. The topological polar surface area (TPSA) is 82.3 Å². The highest BCUT2D eigenvalue weighted by molar-refractivity contribution is 6.39. The first kappa shape index (κ1) is 31.6. The average molecular weight is 680 g/mol. The Bertz CT molecular complexity index is 1770. The van der Waals surface area contributed by atoms with Crippen LogP contribution in [0.5, 0.6) is 0 Å². The molecule has 4 unspecified atom stereocenters. The van der Waals surface area contributed by atoms with Gasteiger partial charge in [0.05, 0.1) is 10.0 Å². The first-order valence-corrected chi connectivity index (χ1v) is 18.0. The molecule has 2 saturated heterocycles. The predicted octanol–water partition coefficient (Wildman–Crippen LogP) is 6.67. The molecule has 0 radical (unpaired) electrons. The molecule has 0 saturated carbocycles. The molecule has 2 amide bonds. The van der Waals surface area contributed by atoms with E-state index in [9.17, 15) is 9.59 Å². The van der Waals surface area contributed by atoms with E-state index in [4.69, 9.17) is 23.2 Å². The van der Waals surface area contributed by atoms with Crippen molar-refractivity contribution >= 4 is 35.0 Å². The van der Waals surface area contributed by atoms with Gasteiger partial charge in [0.1, 0.15) is 0 Å². The van der Waals surface area contributed by atoms with Crippen molar-refractivity contribution in [1.29, 1.82) is 0 Å². The van der Waals surface area contributed by atoms with Crippen LogP contribution in [0.4, 0.5) is 0 Å². The van der Waals surface area contributed by atoms with Gasteiger partial charge in [0.2, 0.25) is 11.8 Å². The number of rotatable bonds is 9. The Morgan fingerprint density at radius 3 is 1.40 bits per heavy atom. The molecule has 4 aromatic carbocycles. The molecule has 48 heavy (non-hydrogen) atoms. The maximum Gasteiger partial charge on any atom is 0.220 e. The second kappa shape index (κ2) is 13.3. The average Bonchev–Trinajstić information content (AvgIpc) is 3.89. The Hall–Kier alpha value is -3.68. The second-order valence-corrected chi connectivity index (χ2v) is 14.7. The van der Waals surface area contributed by atoms with Crippen LogP contribution in [0.25, 0.3) is 33.4 Å².